The first-order valence-electron chi connectivity index (χ1n) is 6.19. The number of rotatable bonds is 0. The largest absolute Gasteiger partial charge is 0.470 e. The zero-order valence-electron chi connectivity index (χ0n) is 12.0. The summed E-state index contributed by atoms with van der Waals surface area (Å²) >= 11 is 0. The molecule has 0 saturated heterocycles. The van der Waals surface area contributed by atoms with Gasteiger partial charge in [0.15, 0.2) is 11.9 Å². The smallest absolute Gasteiger partial charge is 0.310 e. The molecule has 0 aromatic heterocycles. The van der Waals surface area contributed by atoms with Crippen LogP contribution in [0.2, 0.25) is 0 Å². The summed E-state index contributed by atoms with van der Waals surface area (Å²) in [6.45, 7) is 0. The lowest BCUT2D eigenvalue weighted by Gasteiger charge is -2.28. The Balaban J connectivity index is 2.50. The number of hydrogen-bond donors (Lipinski definition) is 0. The summed E-state index contributed by atoms with van der Waals surface area (Å²) in [5, 5.41) is 0. The Labute approximate surface area is 118 Å². The fraction of sp³-hybridized carbons (Fsp3) is 0.286. The van der Waals surface area contributed by atoms with Gasteiger partial charge in [0, 0.05) is 50.5 Å². The van der Waals surface area contributed by atoms with Crippen molar-refractivity contribution < 1.29 is 14.4 Å². The van der Waals surface area contributed by atoms with Gasteiger partial charge in [-0.15, -0.1) is 0 Å². The number of carbonyl (C=O) groups excluding carboxylic acids is 2. The van der Waals surface area contributed by atoms with Crippen molar-refractivity contribution in [3.63, 3.8) is 0 Å². The second kappa shape index (κ2) is 4.97. The van der Waals surface area contributed by atoms with Crippen molar-refractivity contribution in [1.29, 1.82) is 0 Å². The molecule has 0 spiro atoms. The van der Waals surface area contributed by atoms with Crippen molar-refractivity contribution in [3.05, 3.63) is 36.0 Å². The molecule has 0 N–H and O–H groups in total. The Morgan fingerprint density at radius 1 is 1.05 bits per heavy atom. The second-order valence-corrected chi connectivity index (χ2v) is 4.96. The van der Waals surface area contributed by atoms with Gasteiger partial charge in [-0.3, -0.25) is 4.90 Å². The summed E-state index contributed by atoms with van der Waals surface area (Å²) in [7, 11) is 6.40. The van der Waals surface area contributed by atoms with Crippen LogP contribution in [-0.4, -0.2) is 50.1 Å². The van der Waals surface area contributed by atoms with E-state index < -0.39 is 10.7 Å². The van der Waals surface area contributed by atoms with Crippen molar-refractivity contribution in [3.8, 4) is 0 Å². The van der Waals surface area contributed by atoms with E-state index in [9.17, 15) is 9.59 Å². The molecular formula is C14H18N3O3+. The number of carbonyl (C=O) groups is 2. The van der Waals surface area contributed by atoms with Crippen LogP contribution >= 0.6 is 0 Å². The minimum Gasteiger partial charge on any atom is -0.310 e. The van der Waals surface area contributed by atoms with Gasteiger partial charge >= 0.3 is 12.1 Å². The molecule has 0 radical (unpaired) electrons. The number of nitrogens with zero attached hydrogens (tertiary/aromatic N) is 3. The highest BCUT2D eigenvalue weighted by atomic mass is 16.8. The molecule has 6 heteroatoms. The zero-order valence-corrected chi connectivity index (χ0v) is 12.0. The molecule has 1 aromatic carbocycles. The lowest BCUT2D eigenvalue weighted by Crippen LogP contribution is -2.55. The average Bonchev–Trinajstić information content (AvgIpc) is 2.78. The number of fused-ring (bicyclic) bond motifs is 1. The van der Waals surface area contributed by atoms with Gasteiger partial charge in [-0.1, -0.05) is 12.1 Å². The van der Waals surface area contributed by atoms with Crippen LogP contribution in [0.3, 0.4) is 0 Å². The monoisotopic (exact) mass is 276 g/mol. The van der Waals surface area contributed by atoms with E-state index in [0.717, 1.165) is 5.56 Å². The normalized spacial score (nSPS) is 19.4. The van der Waals surface area contributed by atoms with Crippen LogP contribution in [0.25, 0.3) is 6.08 Å². The topological polar surface area (TPSA) is 49.9 Å². The number of benzene rings is 1. The molecule has 20 heavy (non-hydrogen) atoms. The Kier molecular flexibility index (Phi) is 3.50. The third-order valence-corrected chi connectivity index (χ3v) is 3.01. The number of para-hydroxylation sites is 1. The summed E-state index contributed by atoms with van der Waals surface area (Å²) in [6, 6.07) is 6.99. The van der Waals surface area contributed by atoms with E-state index in [1.165, 1.54) is 9.80 Å². The van der Waals surface area contributed by atoms with Gasteiger partial charge in [0.05, 0.1) is 0 Å². The van der Waals surface area contributed by atoms with Crippen LogP contribution in [0.1, 0.15) is 5.56 Å². The Morgan fingerprint density at radius 3 is 2.30 bits per heavy atom. The maximum Gasteiger partial charge on any atom is 0.470 e. The molecule has 0 aliphatic carbocycles. The van der Waals surface area contributed by atoms with Crippen LogP contribution in [0.15, 0.2) is 30.5 Å². The molecule has 0 saturated carbocycles. The first-order chi connectivity index (χ1) is 9.38. The van der Waals surface area contributed by atoms with Crippen LogP contribution in [0.4, 0.5) is 15.3 Å². The summed E-state index contributed by atoms with van der Waals surface area (Å²) in [6.07, 6.45) is 2.77. The SMILES string of the molecule is CN(C)C(=O)O[N+]1(C(=O)N(C)C)C=Cc2ccccc21. The average molecular weight is 276 g/mol. The number of hydrogen-bond acceptors (Lipinski definition) is 3. The van der Waals surface area contributed by atoms with E-state index in [1.807, 2.05) is 18.2 Å². The number of quaternary nitrogens is 1. The Hall–Kier alpha value is -2.34. The fourth-order valence-electron chi connectivity index (χ4n) is 1.98. The highest BCUT2D eigenvalue weighted by Gasteiger charge is 2.49. The van der Waals surface area contributed by atoms with Crippen LogP contribution in [-0.2, 0) is 4.84 Å². The standard InChI is InChI=1S/C14H18N3O3/c1-15(2)13(18)17(20-14(19)16(3)4)10-9-11-7-5-6-8-12(11)17/h5-10H,1-4H3/q+1. The fourth-order valence-corrected chi connectivity index (χ4v) is 1.98. The highest BCUT2D eigenvalue weighted by Crippen LogP contribution is 2.37. The molecule has 106 valence electrons. The minimum atomic E-state index is -0.583. The predicted molar refractivity (Wildman–Crippen MR) is 76.5 cm³/mol. The van der Waals surface area contributed by atoms with Gasteiger partial charge in [0.1, 0.15) is 0 Å². The minimum absolute atomic E-state index is 0.346. The van der Waals surface area contributed by atoms with E-state index in [1.54, 1.807) is 46.5 Å². The quantitative estimate of drug-likeness (QED) is 0.683. The molecular weight excluding hydrogens is 258 g/mol. The van der Waals surface area contributed by atoms with Gasteiger partial charge in [-0.25, -0.2) is 14.4 Å². The van der Waals surface area contributed by atoms with E-state index in [-0.39, 0.29) is 6.03 Å². The second-order valence-electron chi connectivity index (χ2n) is 4.96. The molecule has 1 aromatic rings. The molecule has 2 rings (SSSR count). The molecule has 1 atom stereocenters. The van der Waals surface area contributed by atoms with E-state index in [0.29, 0.717) is 5.69 Å². The van der Waals surface area contributed by atoms with Gasteiger partial charge in [-0.05, 0) is 6.07 Å². The van der Waals surface area contributed by atoms with Crippen molar-refractivity contribution >= 4 is 23.9 Å². The summed E-state index contributed by atoms with van der Waals surface area (Å²) in [5.74, 6) is 0. The van der Waals surface area contributed by atoms with Crippen molar-refractivity contribution in [1.82, 2.24) is 14.4 Å². The zero-order chi connectivity index (χ0) is 14.9. The molecule has 1 unspecified atom stereocenters. The summed E-state index contributed by atoms with van der Waals surface area (Å²) < 4.78 is -0.583. The maximum atomic E-state index is 12.5. The molecule has 1 aliphatic heterocycles. The van der Waals surface area contributed by atoms with Crippen LogP contribution in [0, 0.1) is 0 Å². The maximum absolute atomic E-state index is 12.5. The van der Waals surface area contributed by atoms with Crippen molar-refractivity contribution in [2.45, 2.75) is 0 Å². The third kappa shape index (κ3) is 2.14. The molecule has 6 nitrogen and oxygen atoms in total. The number of urea groups is 1. The van der Waals surface area contributed by atoms with Gasteiger partial charge in [0.25, 0.3) is 0 Å². The molecule has 0 fully saturated rings. The van der Waals surface area contributed by atoms with E-state index in [4.69, 9.17) is 4.84 Å². The van der Waals surface area contributed by atoms with Gasteiger partial charge < -0.3 is 4.90 Å². The molecule has 1 heterocycles. The Morgan fingerprint density at radius 2 is 1.70 bits per heavy atom. The van der Waals surface area contributed by atoms with Crippen LogP contribution in [0.5, 0.6) is 0 Å². The highest BCUT2D eigenvalue weighted by molar-refractivity contribution is 5.94. The summed E-state index contributed by atoms with van der Waals surface area (Å²) in [5.41, 5.74) is 1.48. The number of amides is 3. The van der Waals surface area contributed by atoms with Gasteiger partial charge in [-0.2, -0.15) is 0 Å². The third-order valence-electron chi connectivity index (χ3n) is 3.01. The van der Waals surface area contributed by atoms with E-state index in [2.05, 4.69) is 0 Å². The van der Waals surface area contributed by atoms with E-state index >= 15 is 0 Å². The molecule has 3 amide bonds. The van der Waals surface area contributed by atoms with Crippen LogP contribution < -0.4 is 4.65 Å². The summed E-state index contributed by atoms with van der Waals surface area (Å²) in [4.78, 5) is 32.6. The lowest BCUT2D eigenvalue weighted by atomic mass is 10.2. The number of hydroxylamine groups is 2. The first kappa shape index (κ1) is 14.1. The molecule has 1 aliphatic rings. The van der Waals surface area contributed by atoms with Crippen molar-refractivity contribution in [2.75, 3.05) is 28.2 Å². The first-order valence-corrected chi connectivity index (χ1v) is 6.19. The van der Waals surface area contributed by atoms with Crippen molar-refractivity contribution in [2.24, 2.45) is 0 Å². The molecule has 0 bridgehead atoms. The lowest BCUT2D eigenvalue weighted by molar-refractivity contribution is -0.0325. The predicted octanol–water partition coefficient (Wildman–Crippen LogP) is 2.27. The Bertz CT molecular complexity index is 581. The van der Waals surface area contributed by atoms with Gasteiger partial charge in [0.2, 0.25) is 0 Å².